The Bertz CT molecular complexity index is 878. The van der Waals surface area contributed by atoms with Gasteiger partial charge in [-0.25, -0.2) is 0 Å². The lowest BCUT2D eigenvalue weighted by Gasteiger charge is -2.34. The van der Waals surface area contributed by atoms with Crippen LogP contribution in [0.15, 0.2) is 18.2 Å². The van der Waals surface area contributed by atoms with Crippen LogP contribution >= 0.6 is 0 Å². The maximum absolute atomic E-state index is 12.8. The number of benzene rings is 1. The Morgan fingerprint density at radius 1 is 1.19 bits per heavy atom. The molecule has 2 aliphatic heterocycles. The Kier molecular flexibility index (Phi) is 6.03. The van der Waals surface area contributed by atoms with E-state index in [4.69, 9.17) is 4.74 Å². The molecule has 31 heavy (non-hydrogen) atoms. The second kappa shape index (κ2) is 8.59. The van der Waals surface area contributed by atoms with Crippen molar-refractivity contribution in [2.24, 2.45) is 0 Å². The average Bonchev–Trinajstić information content (AvgIpc) is 3.02. The molecule has 0 aromatic heterocycles. The van der Waals surface area contributed by atoms with E-state index >= 15 is 0 Å². The number of carbonyl (C=O) groups excluding carboxylic acids is 3. The maximum atomic E-state index is 12.8. The highest BCUT2D eigenvalue weighted by Gasteiger charge is 2.39. The number of ether oxygens (including phenoxy) is 1. The minimum absolute atomic E-state index is 0.00232. The van der Waals surface area contributed by atoms with E-state index in [1.54, 1.807) is 24.8 Å². The molecule has 1 saturated heterocycles. The fourth-order valence-electron chi connectivity index (χ4n) is 4.65. The number of rotatable bonds is 6. The number of amides is 3. The molecule has 0 bridgehead atoms. The van der Waals surface area contributed by atoms with Crippen molar-refractivity contribution in [1.82, 2.24) is 15.5 Å². The van der Waals surface area contributed by atoms with Gasteiger partial charge >= 0.3 is 0 Å². The molecule has 3 N–H and O–H groups in total. The predicted molar refractivity (Wildman–Crippen MR) is 113 cm³/mol. The maximum Gasteiger partial charge on any atom is 0.255 e. The molecule has 3 atom stereocenters. The van der Waals surface area contributed by atoms with Crippen LogP contribution in [-0.4, -0.2) is 58.1 Å². The SMILES string of the molecule is CC(C)(O)CN[C@H]1CCCC[C@@H]1Oc1ccc2c(c1)CN(C1CCC(=O)NC1=O)C2=O. The summed E-state index contributed by atoms with van der Waals surface area (Å²) in [5.74, 6) is -0.171. The fraction of sp³-hybridized carbons (Fsp3) is 0.609. The summed E-state index contributed by atoms with van der Waals surface area (Å²) in [6.07, 6.45) is 4.74. The molecule has 2 fully saturated rings. The summed E-state index contributed by atoms with van der Waals surface area (Å²) >= 11 is 0. The van der Waals surface area contributed by atoms with Crippen LogP contribution in [0.2, 0.25) is 0 Å². The first-order valence-electron chi connectivity index (χ1n) is 11.1. The molecule has 3 amide bonds. The van der Waals surface area contributed by atoms with Gasteiger partial charge in [0.2, 0.25) is 11.8 Å². The largest absolute Gasteiger partial charge is 0.489 e. The van der Waals surface area contributed by atoms with E-state index < -0.39 is 17.6 Å². The molecule has 4 rings (SSSR count). The molecule has 1 aromatic carbocycles. The second-order valence-electron chi connectivity index (χ2n) is 9.46. The lowest BCUT2D eigenvalue weighted by molar-refractivity contribution is -0.136. The van der Waals surface area contributed by atoms with E-state index in [2.05, 4.69) is 10.6 Å². The Morgan fingerprint density at radius 3 is 2.71 bits per heavy atom. The van der Waals surface area contributed by atoms with Gasteiger partial charge in [0.25, 0.3) is 5.91 Å². The van der Waals surface area contributed by atoms with Crippen LogP contribution in [0.3, 0.4) is 0 Å². The quantitative estimate of drug-likeness (QED) is 0.592. The molecule has 1 aromatic rings. The lowest BCUT2D eigenvalue weighted by atomic mass is 9.91. The van der Waals surface area contributed by atoms with Gasteiger partial charge in [-0.2, -0.15) is 0 Å². The summed E-state index contributed by atoms with van der Waals surface area (Å²) < 4.78 is 6.31. The molecular formula is C23H31N3O5. The Morgan fingerprint density at radius 2 is 1.97 bits per heavy atom. The van der Waals surface area contributed by atoms with Gasteiger partial charge in [0.1, 0.15) is 17.9 Å². The zero-order valence-corrected chi connectivity index (χ0v) is 18.1. The summed E-state index contributed by atoms with van der Waals surface area (Å²) in [7, 11) is 0. The van der Waals surface area contributed by atoms with Gasteiger partial charge in [-0.1, -0.05) is 6.42 Å². The first kappa shape index (κ1) is 21.8. The molecule has 0 spiro atoms. The first-order chi connectivity index (χ1) is 14.7. The average molecular weight is 430 g/mol. The number of nitrogens with one attached hydrogen (secondary N) is 2. The van der Waals surface area contributed by atoms with E-state index in [9.17, 15) is 19.5 Å². The summed E-state index contributed by atoms with van der Waals surface area (Å²) in [4.78, 5) is 38.0. The third-order valence-corrected chi connectivity index (χ3v) is 6.28. The monoisotopic (exact) mass is 429 g/mol. The van der Waals surface area contributed by atoms with E-state index in [1.807, 2.05) is 12.1 Å². The fourth-order valence-corrected chi connectivity index (χ4v) is 4.65. The molecule has 0 radical (unpaired) electrons. The van der Waals surface area contributed by atoms with E-state index in [0.29, 0.717) is 30.8 Å². The number of nitrogens with zero attached hydrogens (tertiary/aromatic N) is 1. The van der Waals surface area contributed by atoms with Crippen LogP contribution in [0.1, 0.15) is 68.3 Å². The molecule has 2 heterocycles. The number of carbonyl (C=O) groups is 3. The molecular weight excluding hydrogens is 398 g/mol. The summed E-state index contributed by atoms with van der Waals surface area (Å²) in [6.45, 7) is 4.40. The highest BCUT2D eigenvalue weighted by Crippen LogP contribution is 2.32. The minimum Gasteiger partial charge on any atom is -0.489 e. The van der Waals surface area contributed by atoms with Crippen molar-refractivity contribution in [3.8, 4) is 5.75 Å². The Labute approximate surface area is 182 Å². The molecule has 1 aliphatic carbocycles. The summed E-state index contributed by atoms with van der Waals surface area (Å²) in [6, 6.07) is 5.01. The van der Waals surface area contributed by atoms with Crippen molar-refractivity contribution in [2.75, 3.05) is 6.54 Å². The normalized spacial score (nSPS) is 26.6. The molecule has 8 nitrogen and oxygen atoms in total. The van der Waals surface area contributed by atoms with E-state index in [1.165, 1.54) is 0 Å². The molecule has 8 heteroatoms. The third-order valence-electron chi connectivity index (χ3n) is 6.28. The van der Waals surface area contributed by atoms with Gasteiger partial charge < -0.3 is 20.1 Å². The topological polar surface area (TPSA) is 108 Å². The van der Waals surface area contributed by atoms with Crippen molar-refractivity contribution >= 4 is 17.7 Å². The minimum atomic E-state index is -0.782. The Balaban J connectivity index is 1.44. The van der Waals surface area contributed by atoms with Crippen LogP contribution < -0.4 is 15.4 Å². The van der Waals surface area contributed by atoms with Gasteiger partial charge in [0.15, 0.2) is 0 Å². The van der Waals surface area contributed by atoms with Crippen LogP contribution in [0.5, 0.6) is 5.75 Å². The Hall–Kier alpha value is -2.45. The summed E-state index contributed by atoms with van der Waals surface area (Å²) in [5.41, 5.74) is 0.636. The van der Waals surface area contributed by atoms with Crippen molar-refractivity contribution in [2.45, 2.75) is 82.7 Å². The summed E-state index contributed by atoms with van der Waals surface area (Å²) in [5, 5.41) is 15.8. The molecule has 1 unspecified atom stereocenters. The van der Waals surface area contributed by atoms with E-state index in [0.717, 1.165) is 31.2 Å². The first-order valence-corrected chi connectivity index (χ1v) is 11.1. The van der Waals surface area contributed by atoms with Crippen LogP contribution in [0.25, 0.3) is 0 Å². The number of aliphatic hydroxyl groups is 1. The third kappa shape index (κ3) is 4.91. The molecule has 168 valence electrons. The van der Waals surface area contributed by atoms with Crippen molar-refractivity contribution < 1.29 is 24.2 Å². The smallest absolute Gasteiger partial charge is 0.255 e. The standard InChI is InChI=1S/C23H31N3O5/c1-23(2,30)13-24-17-5-3-4-6-19(17)31-15-7-8-16-14(11-15)12-26(22(16)29)18-9-10-20(27)25-21(18)28/h7-8,11,17-19,24,30H,3-6,9-10,12-13H2,1-2H3,(H,25,27,28)/t17-,18?,19-/m0/s1. The van der Waals surface area contributed by atoms with Crippen molar-refractivity contribution in [3.63, 3.8) is 0 Å². The molecule has 3 aliphatic rings. The number of hydrogen-bond donors (Lipinski definition) is 3. The van der Waals surface area contributed by atoms with Gasteiger partial charge in [-0.15, -0.1) is 0 Å². The predicted octanol–water partition coefficient (Wildman–Crippen LogP) is 1.50. The second-order valence-corrected chi connectivity index (χ2v) is 9.46. The highest BCUT2D eigenvalue weighted by atomic mass is 16.5. The number of fused-ring (bicyclic) bond motifs is 1. The van der Waals surface area contributed by atoms with Crippen LogP contribution in [-0.2, 0) is 16.1 Å². The highest BCUT2D eigenvalue weighted by molar-refractivity contribution is 6.05. The van der Waals surface area contributed by atoms with Crippen LogP contribution in [0, 0.1) is 0 Å². The zero-order chi connectivity index (χ0) is 22.2. The van der Waals surface area contributed by atoms with Gasteiger partial charge in [0, 0.05) is 31.1 Å². The van der Waals surface area contributed by atoms with Crippen LogP contribution in [0.4, 0.5) is 0 Å². The zero-order valence-electron chi connectivity index (χ0n) is 18.1. The van der Waals surface area contributed by atoms with Gasteiger partial charge in [-0.3, -0.25) is 19.7 Å². The van der Waals surface area contributed by atoms with E-state index in [-0.39, 0.29) is 30.4 Å². The molecule has 1 saturated carbocycles. The van der Waals surface area contributed by atoms with Gasteiger partial charge in [0.05, 0.1) is 5.60 Å². The number of imide groups is 1. The van der Waals surface area contributed by atoms with Crippen molar-refractivity contribution in [3.05, 3.63) is 29.3 Å². The van der Waals surface area contributed by atoms with Gasteiger partial charge in [-0.05, 0) is 63.3 Å². The van der Waals surface area contributed by atoms with Crippen molar-refractivity contribution in [1.29, 1.82) is 0 Å². The lowest BCUT2D eigenvalue weighted by Crippen LogP contribution is -2.52. The number of hydrogen-bond acceptors (Lipinski definition) is 6. The number of piperidine rings is 1.